The molecule has 0 heterocycles. The Morgan fingerprint density at radius 2 is 1.69 bits per heavy atom. The molecule has 0 aromatic heterocycles. The molecule has 0 aliphatic rings. The molecule has 138 valence electrons. The predicted octanol–water partition coefficient (Wildman–Crippen LogP) is 6.67. The Balaban J connectivity index is 1.94. The number of hydrogen-bond donors (Lipinski definition) is 0. The van der Waals surface area contributed by atoms with Crippen LogP contribution in [0.2, 0.25) is 0 Å². The van der Waals surface area contributed by atoms with E-state index in [-0.39, 0.29) is 11.3 Å². The van der Waals surface area contributed by atoms with E-state index < -0.39 is 17.5 Å². The summed E-state index contributed by atoms with van der Waals surface area (Å²) in [6.45, 7) is 2.18. The van der Waals surface area contributed by atoms with Crippen molar-refractivity contribution >= 4 is 23.6 Å². The molecule has 0 saturated heterocycles. The molecule has 0 saturated carbocycles. The quantitative estimate of drug-likeness (QED) is 0.159. The predicted molar refractivity (Wildman–Crippen MR) is 101 cm³/mol. The zero-order chi connectivity index (χ0) is 18.9. The lowest BCUT2D eigenvalue weighted by Crippen LogP contribution is -1.96. The average molecular weight is 378 g/mol. The zero-order valence-corrected chi connectivity index (χ0v) is 15.4. The van der Waals surface area contributed by atoms with Gasteiger partial charge in [0, 0.05) is 16.0 Å². The van der Waals surface area contributed by atoms with E-state index in [4.69, 9.17) is 0 Å². The summed E-state index contributed by atoms with van der Waals surface area (Å²) in [7, 11) is 0. The Labute approximate surface area is 156 Å². The van der Waals surface area contributed by atoms with Gasteiger partial charge >= 0.3 is 0 Å². The van der Waals surface area contributed by atoms with Gasteiger partial charge in [0.25, 0.3) is 0 Å². The summed E-state index contributed by atoms with van der Waals surface area (Å²) < 4.78 is 39.7. The van der Waals surface area contributed by atoms with Crippen molar-refractivity contribution in [3.8, 4) is 0 Å². The van der Waals surface area contributed by atoms with Crippen molar-refractivity contribution in [3.05, 3.63) is 71.1 Å². The summed E-state index contributed by atoms with van der Waals surface area (Å²) >= 11 is 1.75. The summed E-state index contributed by atoms with van der Waals surface area (Å²) in [5, 5.41) is 0. The van der Waals surface area contributed by atoms with Crippen molar-refractivity contribution in [2.75, 3.05) is 5.75 Å². The Morgan fingerprint density at radius 1 is 0.962 bits per heavy atom. The van der Waals surface area contributed by atoms with E-state index in [1.54, 1.807) is 23.9 Å². The lowest BCUT2D eigenvalue weighted by molar-refractivity contribution is 0.104. The maximum atomic E-state index is 13.6. The molecule has 0 radical (unpaired) electrons. The molecular formula is C21H21F3OS. The van der Waals surface area contributed by atoms with Crippen molar-refractivity contribution in [2.24, 2.45) is 0 Å². The maximum absolute atomic E-state index is 13.6. The molecule has 0 spiro atoms. The number of allylic oxidation sites excluding steroid dienone is 1. The summed E-state index contributed by atoms with van der Waals surface area (Å²) in [4.78, 5) is 13.2. The minimum absolute atomic E-state index is 0.170. The first-order valence-corrected chi connectivity index (χ1v) is 9.60. The second-order valence-electron chi connectivity index (χ2n) is 5.90. The van der Waals surface area contributed by atoms with Crippen molar-refractivity contribution in [3.63, 3.8) is 0 Å². The van der Waals surface area contributed by atoms with E-state index in [0.29, 0.717) is 5.56 Å². The number of carbonyl (C=O) groups excluding carboxylic acids is 1. The number of benzene rings is 2. The molecule has 26 heavy (non-hydrogen) atoms. The highest BCUT2D eigenvalue weighted by molar-refractivity contribution is 7.99. The van der Waals surface area contributed by atoms with Gasteiger partial charge in [-0.3, -0.25) is 4.79 Å². The van der Waals surface area contributed by atoms with Gasteiger partial charge in [-0.05, 0) is 60.7 Å². The highest BCUT2D eigenvalue weighted by Crippen LogP contribution is 2.21. The fourth-order valence-electron chi connectivity index (χ4n) is 2.37. The largest absolute Gasteiger partial charge is 0.289 e. The second kappa shape index (κ2) is 10.2. The maximum Gasteiger partial charge on any atom is 0.195 e. The third-order valence-electron chi connectivity index (χ3n) is 3.88. The van der Waals surface area contributed by atoms with E-state index in [0.717, 1.165) is 34.9 Å². The fourth-order valence-corrected chi connectivity index (χ4v) is 3.28. The minimum Gasteiger partial charge on any atom is -0.289 e. The lowest BCUT2D eigenvalue weighted by Gasteiger charge is -2.03. The van der Waals surface area contributed by atoms with E-state index in [1.807, 2.05) is 12.1 Å². The minimum atomic E-state index is -1.54. The van der Waals surface area contributed by atoms with Crippen LogP contribution in [0.3, 0.4) is 0 Å². The van der Waals surface area contributed by atoms with Gasteiger partial charge in [0.05, 0.1) is 0 Å². The molecule has 0 aliphatic heterocycles. The van der Waals surface area contributed by atoms with Gasteiger partial charge in [-0.2, -0.15) is 0 Å². The van der Waals surface area contributed by atoms with Crippen molar-refractivity contribution in [1.82, 2.24) is 0 Å². The number of hydrogen-bond acceptors (Lipinski definition) is 2. The van der Waals surface area contributed by atoms with Crippen molar-refractivity contribution in [2.45, 2.75) is 37.5 Å². The highest BCUT2D eigenvalue weighted by atomic mass is 32.2. The summed E-state index contributed by atoms with van der Waals surface area (Å²) in [6.07, 6.45) is 7.16. The first kappa shape index (κ1) is 20.3. The molecule has 0 bridgehead atoms. The topological polar surface area (TPSA) is 17.1 Å². The molecule has 0 atom stereocenters. The number of halogens is 3. The van der Waals surface area contributed by atoms with Crippen LogP contribution in [0.4, 0.5) is 13.2 Å². The Morgan fingerprint density at radius 3 is 2.38 bits per heavy atom. The van der Waals surface area contributed by atoms with Crippen molar-refractivity contribution in [1.29, 1.82) is 0 Å². The Hall–Kier alpha value is -2.01. The van der Waals surface area contributed by atoms with Gasteiger partial charge in [0.15, 0.2) is 23.2 Å². The van der Waals surface area contributed by atoms with Gasteiger partial charge in [0.2, 0.25) is 0 Å². The third kappa shape index (κ3) is 5.77. The van der Waals surface area contributed by atoms with Crippen LogP contribution in [0.5, 0.6) is 0 Å². The van der Waals surface area contributed by atoms with Crippen LogP contribution in [-0.4, -0.2) is 11.5 Å². The van der Waals surface area contributed by atoms with Crippen LogP contribution >= 0.6 is 11.8 Å². The zero-order valence-electron chi connectivity index (χ0n) is 14.6. The summed E-state index contributed by atoms with van der Waals surface area (Å²) in [5.41, 5.74) is 0.288. The van der Waals surface area contributed by atoms with Crippen LogP contribution in [-0.2, 0) is 0 Å². The normalized spacial score (nSPS) is 11.2. The molecule has 0 fully saturated rings. The van der Waals surface area contributed by atoms with E-state index in [9.17, 15) is 18.0 Å². The molecule has 2 rings (SSSR count). The highest BCUT2D eigenvalue weighted by Gasteiger charge is 2.11. The summed E-state index contributed by atoms with van der Waals surface area (Å²) in [6, 6.07) is 9.10. The molecule has 1 nitrogen and oxygen atoms in total. The molecule has 0 aliphatic carbocycles. The molecule has 0 amide bonds. The Kier molecular flexibility index (Phi) is 7.98. The molecule has 2 aromatic carbocycles. The third-order valence-corrected chi connectivity index (χ3v) is 4.98. The van der Waals surface area contributed by atoms with Gasteiger partial charge in [-0.1, -0.05) is 26.2 Å². The summed E-state index contributed by atoms with van der Waals surface area (Å²) in [5.74, 6) is -3.38. The van der Waals surface area contributed by atoms with E-state index in [2.05, 4.69) is 6.92 Å². The van der Waals surface area contributed by atoms with Crippen LogP contribution in [0.1, 0.15) is 48.5 Å². The first-order valence-electron chi connectivity index (χ1n) is 8.61. The van der Waals surface area contributed by atoms with Crippen molar-refractivity contribution < 1.29 is 18.0 Å². The first-order chi connectivity index (χ1) is 12.5. The van der Waals surface area contributed by atoms with E-state index >= 15 is 0 Å². The van der Waals surface area contributed by atoms with Gasteiger partial charge in [-0.15, -0.1) is 11.8 Å². The number of rotatable bonds is 9. The lowest BCUT2D eigenvalue weighted by atomic mass is 10.1. The SMILES string of the molecule is CCCCCCSc1ccc(C(=O)/C=C/c2ccc(F)c(F)c2F)cc1. The van der Waals surface area contributed by atoms with Crippen LogP contribution < -0.4 is 0 Å². The number of carbonyl (C=O) groups is 1. The van der Waals surface area contributed by atoms with Gasteiger partial charge < -0.3 is 0 Å². The van der Waals surface area contributed by atoms with Crippen LogP contribution in [0.15, 0.2) is 47.4 Å². The average Bonchev–Trinajstić information content (AvgIpc) is 2.65. The number of ketones is 1. The molecular weight excluding hydrogens is 357 g/mol. The smallest absolute Gasteiger partial charge is 0.195 e. The van der Waals surface area contributed by atoms with Crippen LogP contribution in [0, 0.1) is 17.5 Å². The van der Waals surface area contributed by atoms with Gasteiger partial charge in [0.1, 0.15) is 0 Å². The molecule has 2 aromatic rings. The van der Waals surface area contributed by atoms with E-state index in [1.165, 1.54) is 25.7 Å². The van der Waals surface area contributed by atoms with Crippen LogP contribution in [0.25, 0.3) is 6.08 Å². The van der Waals surface area contributed by atoms with Gasteiger partial charge in [-0.25, -0.2) is 13.2 Å². The number of thioether (sulfide) groups is 1. The Bertz CT molecular complexity index is 770. The standard InChI is InChI=1S/C21H21F3OS/c1-2-3-4-5-14-26-17-10-6-15(7-11-17)19(25)13-9-16-8-12-18(22)21(24)20(16)23/h6-13H,2-5,14H2,1H3/b13-9+. The fraction of sp³-hybridized carbons (Fsp3) is 0.286. The second-order valence-corrected chi connectivity index (χ2v) is 7.06. The molecule has 0 N–H and O–H groups in total. The number of unbranched alkanes of at least 4 members (excludes halogenated alkanes) is 3. The molecule has 5 heteroatoms. The molecule has 0 unspecified atom stereocenters. The monoisotopic (exact) mass is 378 g/mol.